The van der Waals surface area contributed by atoms with Crippen LogP contribution in [0.15, 0.2) is 168 Å². The van der Waals surface area contributed by atoms with Crippen LogP contribution >= 0.6 is 55.1 Å². The van der Waals surface area contributed by atoms with Crippen LogP contribution in [-0.2, 0) is 66.2 Å². The zero-order valence-corrected chi connectivity index (χ0v) is 55.6. The number of amides is 3. The molecule has 6 heterocycles. The summed E-state index contributed by atoms with van der Waals surface area (Å²) in [4.78, 5) is 66.8. The van der Waals surface area contributed by atoms with Crippen LogP contribution in [0.4, 0.5) is 4.79 Å². The van der Waals surface area contributed by atoms with E-state index in [-0.39, 0.29) is 35.6 Å². The Morgan fingerprint density at radius 2 is 1.12 bits per heavy atom. The zero-order valence-electron chi connectivity index (χ0n) is 50.9. The third kappa shape index (κ3) is 16.3. The number of aromatic nitrogens is 6. The van der Waals surface area contributed by atoms with Crippen LogP contribution < -0.4 is 5.32 Å². The van der Waals surface area contributed by atoms with Crippen LogP contribution in [0.25, 0.3) is 0 Å². The number of carbonyl (C=O) groups excluding carboxylic acids is 3. The molecule has 2 aliphatic heterocycles. The van der Waals surface area contributed by atoms with Crippen LogP contribution in [0, 0.1) is 11.8 Å². The Labute approximate surface area is 550 Å². The summed E-state index contributed by atoms with van der Waals surface area (Å²) >= 11 is 20.2. The predicted molar refractivity (Wildman–Crippen MR) is 357 cm³/mol. The smallest absolute Gasteiger partial charge is 0.410 e. The van der Waals surface area contributed by atoms with Crippen LogP contribution in [-0.4, -0.2) is 106 Å². The second-order valence-electron chi connectivity index (χ2n) is 25.1. The van der Waals surface area contributed by atoms with Gasteiger partial charge in [0.2, 0.25) is 11.8 Å². The first-order valence-electron chi connectivity index (χ1n) is 31.3. The number of carbonyl (C=O) groups is 3. The maximum atomic E-state index is 14.9. The summed E-state index contributed by atoms with van der Waals surface area (Å²) in [5.74, 6) is 0.566. The lowest BCUT2D eigenvalue weighted by atomic mass is 9.74. The summed E-state index contributed by atoms with van der Waals surface area (Å²) in [6, 6.07) is 36.3. The highest BCUT2D eigenvalue weighted by molar-refractivity contribution is 9.10. The Balaban J connectivity index is 0.000000186. The molecule has 12 rings (SSSR count). The molecule has 8 aromatic rings. The summed E-state index contributed by atoms with van der Waals surface area (Å²) in [6.07, 6.45) is 22.6. The lowest BCUT2D eigenvalue weighted by molar-refractivity contribution is -0.140. The first-order chi connectivity index (χ1) is 43.1. The Morgan fingerprint density at radius 3 is 1.62 bits per heavy atom. The molecule has 464 valence electrons. The van der Waals surface area contributed by atoms with Gasteiger partial charge in [-0.25, -0.2) is 14.8 Å². The highest BCUT2D eigenvalue weighted by Crippen LogP contribution is 2.46. The number of ether oxygens (including phenoxy) is 1. The summed E-state index contributed by atoms with van der Waals surface area (Å²) in [5, 5.41) is 5.07. The Morgan fingerprint density at radius 1 is 0.629 bits per heavy atom. The van der Waals surface area contributed by atoms with Gasteiger partial charge in [-0.05, 0) is 216 Å². The zero-order chi connectivity index (χ0) is 62.0. The lowest BCUT2D eigenvalue weighted by Crippen LogP contribution is -2.56. The third-order valence-electron chi connectivity index (χ3n) is 17.8. The van der Waals surface area contributed by atoms with Gasteiger partial charge in [-0.15, -0.1) is 0 Å². The van der Waals surface area contributed by atoms with E-state index < -0.39 is 17.7 Å². The van der Waals surface area contributed by atoms with E-state index in [4.69, 9.17) is 37.9 Å². The van der Waals surface area contributed by atoms with E-state index in [1.54, 1.807) is 23.6 Å². The van der Waals surface area contributed by atoms with Crippen LogP contribution in [0.2, 0.25) is 10.0 Å². The van der Waals surface area contributed by atoms with Crippen molar-refractivity contribution in [2.24, 2.45) is 11.8 Å². The monoisotopic (exact) mass is 1360 g/mol. The quantitative estimate of drug-likeness (QED) is 0.1000. The van der Waals surface area contributed by atoms with Crippen molar-refractivity contribution in [3.8, 4) is 0 Å². The summed E-state index contributed by atoms with van der Waals surface area (Å²) in [5.41, 5.74) is 11.2. The molecule has 0 bridgehead atoms. The second kappa shape index (κ2) is 29.5. The summed E-state index contributed by atoms with van der Waals surface area (Å²) in [6.45, 7) is 10.7. The fourth-order valence-corrected chi connectivity index (χ4v) is 14.9. The molecule has 2 saturated heterocycles. The van der Waals surface area contributed by atoms with Gasteiger partial charge in [0.05, 0.1) is 30.1 Å². The van der Waals surface area contributed by atoms with Crippen molar-refractivity contribution in [2.75, 3.05) is 26.2 Å². The largest absolute Gasteiger partial charge is 0.444 e. The SMILES string of the molecule is CC(C)(C)OC(=O)N1CCC([C@H]2c3ccc(Cl)cc3CCc3cc(Br)cnc32)CC1C(=O)N(CCCn1ccnc1)Cc1ccccc1.O=C(C1CC([C@H]2c3ccc(Cl)cc3CCc3cc(Br)cnc32)CCN1)N(CCCn1ccnc1)Cc1ccccc1. The van der Waals surface area contributed by atoms with Crippen LogP contribution in [0.3, 0.4) is 0 Å². The van der Waals surface area contributed by atoms with Crippen molar-refractivity contribution in [3.05, 3.63) is 234 Å². The molecular weight excluding hydrogens is 1290 g/mol. The Kier molecular flexibility index (Phi) is 21.2. The van der Waals surface area contributed by atoms with Gasteiger partial charge in [-0.3, -0.25) is 24.5 Å². The standard InChI is InChI=1S/C38H43BrClN5O3.C33H35BrClN5O/c1-38(2,3)48-37(47)45-18-14-28(34-32-13-12-31(40)21-27(32)10-11-29-20-30(39)23-42-35(29)34)22-33(45)36(46)44(24-26-8-5-4-6-9-26)17-7-16-43-19-15-41-25-43;34-27-17-26-8-7-24-18-28(35)9-10-29(24)31(32(26)38-20-27)25-11-12-37-30(19-25)33(41)40(21-23-5-2-1-3-6-23)15-4-14-39-16-13-36-22-39/h4-6,8-9,12-13,15,19-21,23,25,28,33-34H,7,10-11,14,16-18,22,24H2,1-3H3;1-3,5-6,9-10,13,16-18,20,22,25,30-31,37H,4,7-8,11-12,14-15,19,21H2/t28?,33?,34-;25?,30?,31-/m00/s1. The summed E-state index contributed by atoms with van der Waals surface area (Å²) in [7, 11) is 0. The van der Waals surface area contributed by atoms with Crippen molar-refractivity contribution < 1.29 is 19.1 Å². The van der Waals surface area contributed by atoms with Gasteiger partial charge < -0.3 is 29.0 Å². The van der Waals surface area contributed by atoms with Crippen molar-refractivity contribution in [1.82, 2.24) is 49.1 Å². The van der Waals surface area contributed by atoms with Gasteiger partial charge in [0, 0.05) is 114 Å². The molecule has 0 spiro atoms. The molecule has 14 nitrogen and oxygen atoms in total. The Bertz CT molecular complexity index is 3580. The molecule has 18 heteroatoms. The number of hydrogen-bond donors (Lipinski definition) is 1. The normalized spacial score (nSPS) is 19.6. The number of fused-ring (bicyclic) bond motifs is 4. The number of pyridine rings is 2. The molecule has 0 saturated carbocycles. The predicted octanol–water partition coefficient (Wildman–Crippen LogP) is 14.5. The van der Waals surface area contributed by atoms with E-state index in [2.05, 4.69) is 100 Å². The minimum atomic E-state index is -0.689. The number of piperidine rings is 2. The van der Waals surface area contributed by atoms with E-state index in [9.17, 15) is 14.4 Å². The van der Waals surface area contributed by atoms with Gasteiger partial charge in [0.15, 0.2) is 0 Å². The highest BCUT2D eigenvalue weighted by Gasteiger charge is 2.45. The lowest BCUT2D eigenvalue weighted by Gasteiger charge is -2.43. The molecule has 1 N–H and O–H groups in total. The van der Waals surface area contributed by atoms with Gasteiger partial charge in [-0.2, -0.15) is 0 Å². The fourth-order valence-electron chi connectivity index (χ4n) is 13.7. The number of imidazole rings is 2. The Hall–Kier alpha value is -6.69. The van der Waals surface area contributed by atoms with E-state index in [1.807, 2.05) is 127 Å². The molecule has 4 unspecified atom stereocenters. The maximum Gasteiger partial charge on any atom is 0.410 e. The molecule has 4 aromatic heterocycles. The number of halogens is 4. The topological polar surface area (TPSA) is 144 Å². The van der Waals surface area contributed by atoms with E-state index >= 15 is 0 Å². The molecule has 89 heavy (non-hydrogen) atoms. The summed E-state index contributed by atoms with van der Waals surface area (Å²) < 4.78 is 11.9. The van der Waals surface area contributed by atoms with E-state index in [0.717, 1.165) is 107 Å². The third-order valence-corrected chi connectivity index (χ3v) is 19.2. The molecule has 6 atom stereocenters. The number of hydrogen-bond acceptors (Lipinski definition) is 9. The molecule has 0 radical (unpaired) electrons. The van der Waals surface area contributed by atoms with Crippen molar-refractivity contribution in [2.45, 2.75) is 141 Å². The number of nitrogens with one attached hydrogen (secondary N) is 1. The van der Waals surface area contributed by atoms with Crippen LogP contribution in [0.1, 0.15) is 127 Å². The van der Waals surface area contributed by atoms with Crippen LogP contribution in [0.5, 0.6) is 0 Å². The molecule has 4 aliphatic rings. The minimum Gasteiger partial charge on any atom is -0.444 e. The average molecular weight is 1370 g/mol. The number of aryl methyl sites for hydroxylation is 6. The van der Waals surface area contributed by atoms with Gasteiger partial charge in [0.25, 0.3) is 0 Å². The molecule has 2 fully saturated rings. The molecular formula is C71H78Br2Cl2N10O4. The van der Waals surface area contributed by atoms with Crippen molar-refractivity contribution in [1.29, 1.82) is 0 Å². The number of nitrogens with zero attached hydrogens (tertiary/aromatic N) is 9. The van der Waals surface area contributed by atoms with Gasteiger partial charge in [0.1, 0.15) is 11.6 Å². The minimum absolute atomic E-state index is 0.0391. The number of rotatable bonds is 16. The van der Waals surface area contributed by atoms with Crippen molar-refractivity contribution in [3.63, 3.8) is 0 Å². The van der Waals surface area contributed by atoms with Crippen molar-refractivity contribution >= 4 is 73.0 Å². The van der Waals surface area contributed by atoms with Gasteiger partial charge in [-0.1, -0.05) is 96.0 Å². The molecule has 2 aliphatic carbocycles. The molecule has 3 amide bonds. The van der Waals surface area contributed by atoms with E-state index in [1.165, 1.54) is 33.4 Å². The second-order valence-corrected chi connectivity index (χ2v) is 27.8. The fraction of sp³-hybridized carbons (Fsp3) is 0.394. The van der Waals surface area contributed by atoms with Gasteiger partial charge >= 0.3 is 6.09 Å². The number of likely N-dealkylation sites (tertiary alicyclic amines) is 1. The molecule has 4 aromatic carbocycles. The first kappa shape index (κ1) is 63.9. The van der Waals surface area contributed by atoms with E-state index in [0.29, 0.717) is 56.5 Å². The highest BCUT2D eigenvalue weighted by atomic mass is 79.9. The maximum absolute atomic E-state index is 14.9. The average Bonchev–Trinajstić information content (AvgIpc) is 1.95. The first-order valence-corrected chi connectivity index (χ1v) is 33.6. The number of benzene rings is 4.